The van der Waals surface area contributed by atoms with Crippen LogP contribution in [0.5, 0.6) is 17.2 Å². The highest BCUT2D eigenvalue weighted by molar-refractivity contribution is 7.89. The van der Waals surface area contributed by atoms with Gasteiger partial charge in [0.1, 0.15) is 11.8 Å². The van der Waals surface area contributed by atoms with E-state index in [1.54, 1.807) is 24.3 Å². The number of benzene rings is 2. The minimum atomic E-state index is -3.74. The zero-order valence-corrected chi connectivity index (χ0v) is 19.6. The number of hydrogen-bond donors (Lipinski definition) is 1. The Hall–Kier alpha value is -3.59. The van der Waals surface area contributed by atoms with Crippen molar-refractivity contribution in [2.75, 3.05) is 52.4 Å². The summed E-state index contributed by atoms with van der Waals surface area (Å²) in [5, 5.41) is 11.3. The molecule has 0 radical (unpaired) electrons. The third-order valence-electron chi connectivity index (χ3n) is 4.94. The van der Waals surface area contributed by atoms with Crippen molar-refractivity contribution in [1.82, 2.24) is 4.31 Å². The smallest absolute Gasteiger partial charge is 0.248 e. The summed E-state index contributed by atoms with van der Waals surface area (Å²) in [6.45, 7) is 1.08. The Balaban J connectivity index is 1.77. The van der Waals surface area contributed by atoms with E-state index in [2.05, 4.69) is 5.32 Å². The number of nitrogens with zero attached hydrogens (tertiary/aromatic N) is 2. The molecule has 1 aliphatic rings. The SMILES string of the molecule is COc1ccc(S(=O)(=O)N2CCOCC2)cc1NC(=O)/C=C/c1ccc(OCC#N)c(OC)c1. The summed E-state index contributed by atoms with van der Waals surface area (Å²) >= 11 is 0. The van der Waals surface area contributed by atoms with Crippen LogP contribution in [0.1, 0.15) is 5.56 Å². The zero-order chi connectivity index (χ0) is 24.6. The van der Waals surface area contributed by atoms with Crippen molar-refractivity contribution in [3.63, 3.8) is 0 Å². The molecule has 10 nitrogen and oxygen atoms in total. The van der Waals surface area contributed by atoms with Gasteiger partial charge in [-0.15, -0.1) is 0 Å². The molecule has 0 bridgehead atoms. The van der Waals surface area contributed by atoms with Crippen molar-refractivity contribution in [3.05, 3.63) is 48.0 Å². The second-order valence-corrected chi connectivity index (χ2v) is 9.00. The molecule has 2 aromatic carbocycles. The maximum atomic E-state index is 13.0. The lowest BCUT2D eigenvalue weighted by Gasteiger charge is -2.26. The van der Waals surface area contributed by atoms with E-state index < -0.39 is 15.9 Å². The number of ether oxygens (including phenoxy) is 4. The second kappa shape index (κ2) is 11.5. The molecule has 34 heavy (non-hydrogen) atoms. The Labute approximate surface area is 198 Å². The number of nitriles is 1. The first-order valence-corrected chi connectivity index (χ1v) is 11.8. The molecule has 11 heteroatoms. The highest BCUT2D eigenvalue weighted by Crippen LogP contribution is 2.30. The fraction of sp³-hybridized carbons (Fsp3) is 0.304. The van der Waals surface area contributed by atoms with Crippen molar-refractivity contribution in [2.45, 2.75) is 4.90 Å². The van der Waals surface area contributed by atoms with Gasteiger partial charge in [0.2, 0.25) is 15.9 Å². The van der Waals surface area contributed by atoms with Gasteiger partial charge < -0.3 is 24.3 Å². The molecule has 1 fully saturated rings. The summed E-state index contributed by atoms with van der Waals surface area (Å²) in [6, 6.07) is 11.2. The molecule has 1 aliphatic heterocycles. The summed E-state index contributed by atoms with van der Waals surface area (Å²) in [5.41, 5.74) is 0.885. The normalized spacial score (nSPS) is 14.4. The number of amides is 1. The molecule has 1 amide bonds. The van der Waals surface area contributed by atoms with Crippen LogP contribution in [0.3, 0.4) is 0 Å². The first kappa shape index (κ1) is 25.0. The lowest BCUT2D eigenvalue weighted by atomic mass is 10.2. The van der Waals surface area contributed by atoms with E-state index >= 15 is 0 Å². The lowest BCUT2D eigenvalue weighted by molar-refractivity contribution is -0.111. The van der Waals surface area contributed by atoms with Crippen LogP contribution in [-0.4, -0.2) is 65.8 Å². The van der Waals surface area contributed by atoms with Crippen LogP contribution in [0, 0.1) is 11.3 Å². The summed E-state index contributed by atoms with van der Waals surface area (Å²) in [7, 11) is -0.836. The molecule has 0 aromatic heterocycles. The van der Waals surface area contributed by atoms with Crippen LogP contribution in [0.4, 0.5) is 5.69 Å². The van der Waals surface area contributed by atoms with Crippen LogP contribution < -0.4 is 19.5 Å². The van der Waals surface area contributed by atoms with Crippen molar-refractivity contribution >= 4 is 27.7 Å². The third kappa shape index (κ3) is 6.05. The van der Waals surface area contributed by atoms with Crippen LogP contribution in [0.2, 0.25) is 0 Å². The number of nitrogens with one attached hydrogen (secondary N) is 1. The summed E-state index contributed by atoms with van der Waals surface area (Å²) in [4.78, 5) is 12.6. The fourth-order valence-corrected chi connectivity index (χ4v) is 4.68. The van der Waals surface area contributed by atoms with Crippen LogP contribution >= 0.6 is 0 Å². The van der Waals surface area contributed by atoms with Gasteiger partial charge in [-0.1, -0.05) is 6.07 Å². The van der Waals surface area contributed by atoms with Gasteiger partial charge in [-0.3, -0.25) is 4.79 Å². The van der Waals surface area contributed by atoms with Gasteiger partial charge in [0.25, 0.3) is 0 Å². The number of methoxy groups -OCH3 is 2. The molecule has 1 N–H and O–H groups in total. The summed E-state index contributed by atoms with van der Waals surface area (Å²) in [6.07, 6.45) is 2.86. The Kier molecular flexibility index (Phi) is 8.48. The number of carbonyl (C=O) groups excluding carboxylic acids is 1. The van der Waals surface area contributed by atoms with E-state index in [0.717, 1.165) is 0 Å². The van der Waals surface area contributed by atoms with E-state index in [9.17, 15) is 13.2 Å². The Morgan fingerprint density at radius 2 is 1.82 bits per heavy atom. The molecule has 3 rings (SSSR count). The van der Waals surface area contributed by atoms with Gasteiger partial charge in [-0.05, 0) is 42.0 Å². The van der Waals surface area contributed by atoms with Crippen LogP contribution in [0.15, 0.2) is 47.4 Å². The summed E-state index contributed by atoms with van der Waals surface area (Å²) in [5.74, 6) is 0.667. The Morgan fingerprint density at radius 3 is 2.50 bits per heavy atom. The maximum absolute atomic E-state index is 13.0. The molecule has 180 valence electrons. The number of sulfonamides is 1. The molecule has 0 aliphatic carbocycles. The summed E-state index contributed by atoms with van der Waals surface area (Å²) < 4.78 is 48.3. The topological polar surface area (TPSA) is 127 Å². The molecular formula is C23H25N3O7S. The number of rotatable bonds is 9. The average molecular weight is 488 g/mol. The number of hydrogen-bond acceptors (Lipinski definition) is 8. The Bertz CT molecular complexity index is 1200. The van der Waals surface area contributed by atoms with Crippen molar-refractivity contribution in [2.24, 2.45) is 0 Å². The molecular weight excluding hydrogens is 462 g/mol. The fourth-order valence-electron chi connectivity index (χ4n) is 3.24. The van der Waals surface area contributed by atoms with Gasteiger partial charge in [0, 0.05) is 19.2 Å². The standard InChI is InChI=1S/C23H25N3O7S/c1-30-20-7-5-18(34(28,29)26-10-13-32-14-11-26)16-19(20)25-23(27)8-4-17-3-6-21(33-12-9-24)22(15-17)31-2/h3-8,15-16H,10-14H2,1-2H3,(H,25,27)/b8-4+. The molecule has 0 unspecified atom stereocenters. The highest BCUT2D eigenvalue weighted by Gasteiger charge is 2.27. The van der Waals surface area contributed by atoms with Crippen molar-refractivity contribution in [3.8, 4) is 23.3 Å². The second-order valence-electron chi connectivity index (χ2n) is 7.06. The van der Waals surface area contributed by atoms with Gasteiger partial charge in [-0.2, -0.15) is 9.57 Å². The molecule has 2 aromatic rings. The first-order chi connectivity index (χ1) is 16.4. The van der Waals surface area contributed by atoms with Gasteiger partial charge in [0.05, 0.1) is 38.0 Å². The van der Waals surface area contributed by atoms with E-state index in [1.165, 1.54) is 42.8 Å². The minimum absolute atomic E-state index is 0.0483. The quantitative estimate of drug-likeness (QED) is 0.534. The van der Waals surface area contributed by atoms with Crippen LogP contribution in [0.25, 0.3) is 6.08 Å². The van der Waals surface area contributed by atoms with Crippen LogP contribution in [-0.2, 0) is 19.6 Å². The number of carbonyl (C=O) groups is 1. The predicted octanol–water partition coefficient (Wildman–Crippen LogP) is 2.28. The number of anilines is 1. The largest absolute Gasteiger partial charge is 0.495 e. The molecule has 1 heterocycles. The molecule has 0 atom stereocenters. The average Bonchev–Trinajstić information content (AvgIpc) is 2.86. The predicted molar refractivity (Wildman–Crippen MR) is 124 cm³/mol. The van der Waals surface area contributed by atoms with E-state index in [4.69, 9.17) is 24.2 Å². The zero-order valence-electron chi connectivity index (χ0n) is 18.8. The highest BCUT2D eigenvalue weighted by atomic mass is 32.2. The molecule has 0 spiro atoms. The van der Waals surface area contributed by atoms with E-state index in [0.29, 0.717) is 36.0 Å². The van der Waals surface area contributed by atoms with Crippen molar-refractivity contribution < 1.29 is 32.2 Å². The minimum Gasteiger partial charge on any atom is -0.495 e. The first-order valence-electron chi connectivity index (χ1n) is 10.3. The van der Waals surface area contributed by atoms with Gasteiger partial charge in [0.15, 0.2) is 18.1 Å². The van der Waals surface area contributed by atoms with Gasteiger partial charge >= 0.3 is 0 Å². The van der Waals surface area contributed by atoms with Gasteiger partial charge in [-0.25, -0.2) is 8.42 Å². The molecule has 1 saturated heterocycles. The van der Waals surface area contributed by atoms with Crippen molar-refractivity contribution in [1.29, 1.82) is 5.26 Å². The molecule has 0 saturated carbocycles. The van der Waals surface area contributed by atoms with E-state index in [-0.39, 0.29) is 30.3 Å². The maximum Gasteiger partial charge on any atom is 0.248 e. The Morgan fingerprint density at radius 1 is 1.12 bits per heavy atom. The monoisotopic (exact) mass is 487 g/mol. The third-order valence-corrected chi connectivity index (χ3v) is 6.84. The van der Waals surface area contributed by atoms with E-state index in [1.807, 2.05) is 6.07 Å². The lowest BCUT2D eigenvalue weighted by Crippen LogP contribution is -2.40. The number of morpholine rings is 1.